The van der Waals surface area contributed by atoms with Crippen molar-refractivity contribution >= 4 is 28.6 Å². The molecule has 8 heteroatoms. The molecule has 0 unspecified atom stereocenters. The van der Waals surface area contributed by atoms with Gasteiger partial charge in [-0.1, -0.05) is 23.7 Å². The number of carboxylic acids is 1. The molecule has 170 valence electrons. The predicted molar refractivity (Wildman–Crippen MR) is 131 cm³/mol. The van der Waals surface area contributed by atoms with Crippen LogP contribution in [-0.4, -0.2) is 31.2 Å². The lowest BCUT2D eigenvalue weighted by molar-refractivity contribution is -0.136. The highest BCUT2D eigenvalue weighted by Crippen LogP contribution is 2.31. The van der Waals surface area contributed by atoms with Crippen molar-refractivity contribution in [2.75, 3.05) is 0 Å². The number of aliphatic carboxylic acids is 1. The summed E-state index contributed by atoms with van der Waals surface area (Å²) in [5.41, 5.74) is 7.37. The Hall–Kier alpha value is -3.97. The number of rotatable bonds is 6. The topological polar surface area (TPSA) is 105 Å². The van der Waals surface area contributed by atoms with Crippen molar-refractivity contribution in [3.05, 3.63) is 76.3 Å². The summed E-state index contributed by atoms with van der Waals surface area (Å²) in [4.78, 5) is 19.1. The number of imidazole rings is 1. The molecule has 0 fully saturated rings. The molecule has 3 aromatic carbocycles. The van der Waals surface area contributed by atoms with Gasteiger partial charge in [0.2, 0.25) is 11.8 Å². The number of aryl methyl sites for hydroxylation is 3. The van der Waals surface area contributed by atoms with E-state index in [2.05, 4.69) is 15.2 Å². The number of hydrogen-bond donors (Lipinski definition) is 2. The number of benzene rings is 3. The molecule has 5 rings (SSSR count). The Kier molecular flexibility index (Phi) is 5.63. The fourth-order valence-corrected chi connectivity index (χ4v) is 4.26. The number of hydrogen-bond acceptors (Lipinski definition) is 5. The number of carboxylic acid groups (broad SMARTS) is 1. The summed E-state index contributed by atoms with van der Waals surface area (Å²) in [6.45, 7) is 4.03. The molecule has 0 saturated carbocycles. The van der Waals surface area contributed by atoms with Crippen molar-refractivity contribution in [2.45, 2.75) is 26.7 Å². The largest absolute Gasteiger partial charge is 0.481 e. The molecule has 0 aliphatic rings. The monoisotopic (exact) mass is 472 g/mol. The zero-order valence-electron chi connectivity index (χ0n) is 18.6. The van der Waals surface area contributed by atoms with Crippen LogP contribution in [-0.2, 0) is 11.2 Å². The van der Waals surface area contributed by atoms with E-state index in [1.54, 1.807) is 12.1 Å². The van der Waals surface area contributed by atoms with E-state index in [9.17, 15) is 4.79 Å². The van der Waals surface area contributed by atoms with Gasteiger partial charge in [0.05, 0.1) is 11.0 Å². The summed E-state index contributed by atoms with van der Waals surface area (Å²) in [5.74, 6) is 0.803. The first-order valence-electron chi connectivity index (χ1n) is 10.8. The third-order valence-corrected chi connectivity index (χ3v) is 5.95. The first kappa shape index (κ1) is 21.9. The summed E-state index contributed by atoms with van der Waals surface area (Å²) >= 11 is 5.96. The van der Waals surface area contributed by atoms with Gasteiger partial charge in [0, 0.05) is 28.1 Å². The smallest absolute Gasteiger partial charge is 0.303 e. The van der Waals surface area contributed by atoms with Gasteiger partial charge in [-0.05, 0) is 79.4 Å². The highest BCUT2D eigenvalue weighted by atomic mass is 35.5. The van der Waals surface area contributed by atoms with Gasteiger partial charge < -0.3 is 14.5 Å². The summed E-state index contributed by atoms with van der Waals surface area (Å²) in [6, 6.07) is 17.0. The summed E-state index contributed by atoms with van der Waals surface area (Å²) < 4.78 is 5.89. The number of nitrogens with zero attached hydrogens (tertiary/aromatic N) is 3. The van der Waals surface area contributed by atoms with Crippen LogP contribution in [0.5, 0.6) is 0 Å². The Morgan fingerprint density at radius 3 is 2.29 bits per heavy atom. The van der Waals surface area contributed by atoms with E-state index in [0.717, 1.165) is 50.2 Å². The van der Waals surface area contributed by atoms with Crippen LogP contribution in [0.25, 0.3) is 45.3 Å². The van der Waals surface area contributed by atoms with E-state index in [1.165, 1.54) is 0 Å². The molecule has 2 aromatic heterocycles. The molecule has 0 spiro atoms. The Balaban J connectivity index is 1.46. The second-order valence-electron chi connectivity index (χ2n) is 8.23. The summed E-state index contributed by atoms with van der Waals surface area (Å²) in [7, 11) is 0. The van der Waals surface area contributed by atoms with Crippen molar-refractivity contribution in [3.63, 3.8) is 0 Å². The molecule has 34 heavy (non-hydrogen) atoms. The maximum Gasteiger partial charge on any atom is 0.303 e. The number of aromatic nitrogens is 4. The number of nitrogens with one attached hydrogen (secondary N) is 1. The van der Waals surface area contributed by atoms with Crippen LogP contribution in [0, 0.1) is 13.8 Å². The van der Waals surface area contributed by atoms with E-state index >= 15 is 0 Å². The van der Waals surface area contributed by atoms with Crippen LogP contribution in [0.2, 0.25) is 5.02 Å². The second kappa shape index (κ2) is 8.76. The molecule has 0 aliphatic heterocycles. The lowest BCUT2D eigenvalue weighted by atomic mass is 9.97. The third kappa shape index (κ3) is 4.30. The molecule has 0 aliphatic carbocycles. The van der Waals surface area contributed by atoms with Crippen molar-refractivity contribution in [3.8, 4) is 34.3 Å². The normalized spacial score (nSPS) is 11.3. The molecule has 0 saturated heterocycles. The first-order valence-corrected chi connectivity index (χ1v) is 11.2. The average Bonchev–Trinajstić information content (AvgIpc) is 3.44. The molecular formula is C26H21ClN4O3. The Labute approximate surface area is 200 Å². The Morgan fingerprint density at radius 2 is 1.62 bits per heavy atom. The minimum absolute atomic E-state index is 0.112. The average molecular weight is 473 g/mol. The number of halogens is 1. The minimum atomic E-state index is -0.797. The van der Waals surface area contributed by atoms with Gasteiger partial charge in [0.25, 0.3) is 0 Å². The second-order valence-corrected chi connectivity index (χ2v) is 8.67. The Bertz CT molecular complexity index is 1500. The van der Waals surface area contributed by atoms with Crippen LogP contribution in [0.3, 0.4) is 0 Å². The summed E-state index contributed by atoms with van der Waals surface area (Å²) in [5, 5.41) is 18.0. The van der Waals surface area contributed by atoms with Gasteiger partial charge in [-0.25, -0.2) is 4.98 Å². The van der Waals surface area contributed by atoms with Gasteiger partial charge in [-0.15, -0.1) is 10.2 Å². The maximum absolute atomic E-state index is 10.9. The zero-order valence-corrected chi connectivity index (χ0v) is 19.3. The van der Waals surface area contributed by atoms with Crippen molar-refractivity contribution in [1.82, 2.24) is 20.2 Å². The molecule has 2 heterocycles. The van der Waals surface area contributed by atoms with Gasteiger partial charge in [0.15, 0.2) is 0 Å². The number of fused-ring (bicyclic) bond motifs is 1. The van der Waals surface area contributed by atoms with Crippen LogP contribution in [0.1, 0.15) is 23.1 Å². The van der Waals surface area contributed by atoms with Crippen LogP contribution >= 0.6 is 11.6 Å². The molecule has 2 N–H and O–H groups in total. The van der Waals surface area contributed by atoms with Gasteiger partial charge in [-0.3, -0.25) is 4.79 Å². The lowest BCUT2D eigenvalue weighted by Crippen LogP contribution is -1.99. The standard InChI is InChI=1S/C26H21ClN4O3/c1-14-11-16(3-10-22(32)33)12-15(2)23(14)24-28-20-9-6-18(13-21(20)29-24)26-31-30-25(34-26)17-4-7-19(27)8-5-17/h4-9,11-13H,3,10H2,1-2H3,(H,28,29)(H,32,33). The van der Waals surface area contributed by atoms with Gasteiger partial charge in [0.1, 0.15) is 5.82 Å². The first-order chi connectivity index (χ1) is 16.4. The van der Waals surface area contributed by atoms with Crippen LogP contribution < -0.4 is 0 Å². The quantitative estimate of drug-likeness (QED) is 0.303. The molecular weight excluding hydrogens is 452 g/mol. The van der Waals surface area contributed by atoms with E-state index in [-0.39, 0.29) is 6.42 Å². The minimum Gasteiger partial charge on any atom is -0.481 e. The van der Waals surface area contributed by atoms with E-state index in [4.69, 9.17) is 26.1 Å². The fraction of sp³-hybridized carbons (Fsp3) is 0.154. The zero-order chi connectivity index (χ0) is 23.8. The molecule has 5 aromatic rings. The van der Waals surface area contributed by atoms with Crippen molar-refractivity contribution in [2.24, 2.45) is 0 Å². The molecule has 0 radical (unpaired) electrons. The van der Waals surface area contributed by atoms with Crippen LogP contribution in [0.4, 0.5) is 0 Å². The fourth-order valence-electron chi connectivity index (χ4n) is 4.13. The SMILES string of the molecule is Cc1cc(CCC(=O)O)cc(C)c1-c1nc2ccc(-c3nnc(-c4ccc(Cl)cc4)o3)cc2[nH]1. The number of aromatic amines is 1. The molecule has 0 atom stereocenters. The number of H-pyrrole nitrogens is 1. The molecule has 7 nitrogen and oxygen atoms in total. The van der Waals surface area contributed by atoms with Crippen LogP contribution in [0.15, 0.2) is 59.0 Å². The lowest BCUT2D eigenvalue weighted by Gasteiger charge is -2.10. The van der Waals surface area contributed by atoms with Gasteiger partial charge >= 0.3 is 5.97 Å². The summed E-state index contributed by atoms with van der Waals surface area (Å²) in [6.07, 6.45) is 0.615. The highest BCUT2D eigenvalue weighted by molar-refractivity contribution is 6.30. The number of carbonyl (C=O) groups is 1. The highest BCUT2D eigenvalue weighted by Gasteiger charge is 2.15. The molecule has 0 bridgehead atoms. The van der Waals surface area contributed by atoms with E-state index in [1.807, 2.05) is 56.3 Å². The molecule has 0 amide bonds. The van der Waals surface area contributed by atoms with E-state index < -0.39 is 5.97 Å². The predicted octanol–water partition coefficient (Wildman–Crippen LogP) is 6.23. The Morgan fingerprint density at radius 1 is 0.971 bits per heavy atom. The van der Waals surface area contributed by atoms with Crippen molar-refractivity contribution < 1.29 is 14.3 Å². The van der Waals surface area contributed by atoms with Gasteiger partial charge in [-0.2, -0.15) is 0 Å². The van der Waals surface area contributed by atoms with Crippen molar-refractivity contribution in [1.29, 1.82) is 0 Å². The van der Waals surface area contributed by atoms with E-state index in [0.29, 0.717) is 23.2 Å². The maximum atomic E-state index is 10.9. The third-order valence-electron chi connectivity index (χ3n) is 5.70.